The average molecular weight is 324 g/mol. The number of amides is 1. The molecule has 0 fully saturated rings. The minimum atomic E-state index is -0.433. The van der Waals surface area contributed by atoms with Gasteiger partial charge in [-0.25, -0.2) is 4.79 Å². The number of anilines is 1. The normalized spacial score (nSPS) is 10.0. The molecule has 1 amide bonds. The first-order chi connectivity index (χ1) is 10.0. The molecule has 0 unspecified atom stereocenters. The van der Waals surface area contributed by atoms with E-state index in [9.17, 15) is 9.59 Å². The van der Waals surface area contributed by atoms with E-state index >= 15 is 0 Å². The highest BCUT2D eigenvalue weighted by atomic mass is 35.5. The van der Waals surface area contributed by atoms with Crippen molar-refractivity contribution < 1.29 is 14.3 Å². The fourth-order valence-corrected chi connectivity index (χ4v) is 1.95. The summed E-state index contributed by atoms with van der Waals surface area (Å²) in [4.78, 5) is 23.3. The Labute approximate surface area is 131 Å². The number of methoxy groups -OCH3 is 1. The van der Waals surface area contributed by atoms with Crippen LogP contribution in [0.2, 0.25) is 10.0 Å². The summed E-state index contributed by atoms with van der Waals surface area (Å²) in [5, 5.41) is 3.39. The van der Waals surface area contributed by atoms with Gasteiger partial charge in [-0.1, -0.05) is 23.2 Å². The molecule has 2 aromatic carbocycles. The number of rotatable bonds is 3. The molecule has 1 N–H and O–H groups in total. The summed E-state index contributed by atoms with van der Waals surface area (Å²) in [7, 11) is 1.31. The van der Waals surface area contributed by atoms with Crippen LogP contribution in [-0.2, 0) is 4.74 Å². The zero-order chi connectivity index (χ0) is 15.4. The van der Waals surface area contributed by atoms with Crippen molar-refractivity contribution in [2.75, 3.05) is 12.4 Å². The Kier molecular flexibility index (Phi) is 4.83. The Hall–Kier alpha value is -2.04. The number of nitrogens with one attached hydrogen (secondary N) is 1. The van der Waals surface area contributed by atoms with Gasteiger partial charge in [-0.05, 0) is 42.5 Å². The van der Waals surface area contributed by atoms with E-state index in [0.29, 0.717) is 26.9 Å². The second kappa shape index (κ2) is 6.61. The Balaban J connectivity index is 2.12. The maximum Gasteiger partial charge on any atom is 0.337 e. The topological polar surface area (TPSA) is 55.4 Å². The smallest absolute Gasteiger partial charge is 0.337 e. The van der Waals surface area contributed by atoms with Crippen LogP contribution in [0.1, 0.15) is 20.7 Å². The summed E-state index contributed by atoms with van der Waals surface area (Å²) < 4.78 is 4.60. The summed E-state index contributed by atoms with van der Waals surface area (Å²) in [6.45, 7) is 0. The van der Waals surface area contributed by atoms with E-state index in [1.807, 2.05) is 0 Å². The van der Waals surface area contributed by atoms with Gasteiger partial charge in [0.15, 0.2) is 0 Å². The summed E-state index contributed by atoms with van der Waals surface area (Å²) in [6.07, 6.45) is 0. The predicted octanol–water partition coefficient (Wildman–Crippen LogP) is 4.03. The van der Waals surface area contributed by atoms with Crippen LogP contribution in [0.5, 0.6) is 0 Å². The minimum Gasteiger partial charge on any atom is -0.465 e. The molecule has 2 aromatic rings. The third kappa shape index (κ3) is 3.74. The van der Waals surface area contributed by atoms with Crippen molar-refractivity contribution in [2.24, 2.45) is 0 Å². The number of benzene rings is 2. The van der Waals surface area contributed by atoms with Gasteiger partial charge in [0.25, 0.3) is 5.91 Å². The van der Waals surface area contributed by atoms with Crippen molar-refractivity contribution in [1.29, 1.82) is 0 Å². The molecule has 0 aliphatic heterocycles. The summed E-state index contributed by atoms with van der Waals surface area (Å²) in [5.41, 5.74) is 1.35. The second-order valence-electron chi connectivity index (χ2n) is 4.15. The molecule has 0 aromatic heterocycles. The number of halogens is 2. The lowest BCUT2D eigenvalue weighted by molar-refractivity contribution is 0.0600. The first-order valence-corrected chi connectivity index (χ1v) is 6.71. The molecular formula is C15H11Cl2NO3. The average Bonchev–Trinajstić information content (AvgIpc) is 2.50. The monoisotopic (exact) mass is 323 g/mol. The number of carbonyl (C=O) groups is 2. The molecule has 0 bridgehead atoms. The fourth-order valence-electron chi connectivity index (χ4n) is 1.65. The van der Waals surface area contributed by atoms with Gasteiger partial charge in [0.1, 0.15) is 0 Å². The molecule has 0 radical (unpaired) electrons. The van der Waals surface area contributed by atoms with Crippen LogP contribution in [0.25, 0.3) is 0 Å². The first-order valence-electron chi connectivity index (χ1n) is 5.96. The van der Waals surface area contributed by atoms with Crippen LogP contribution in [0.15, 0.2) is 42.5 Å². The number of esters is 1. The molecule has 6 heteroatoms. The van der Waals surface area contributed by atoms with Gasteiger partial charge in [0.05, 0.1) is 22.7 Å². The number of ether oxygens (including phenoxy) is 1. The highest BCUT2D eigenvalue weighted by Crippen LogP contribution is 2.23. The third-order valence-corrected chi connectivity index (χ3v) is 3.48. The van der Waals surface area contributed by atoms with Crippen molar-refractivity contribution >= 4 is 40.8 Å². The SMILES string of the molecule is COC(=O)c1ccc(NC(=O)c2ccc(Cl)c(Cl)c2)cc1. The molecule has 0 aliphatic carbocycles. The van der Waals surface area contributed by atoms with Crippen molar-refractivity contribution in [3.8, 4) is 0 Å². The lowest BCUT2D eigenvalue weighted by Gasteiger charge is -2.07. The first kappa shape index (κ1) is 15.4. The van der Waals surface area contributed by atoms with Crippen molar-refractivity contribution in [3.63, 3.8) is 0 Å². The van der Waals surface area contributed by atoms with Crippen molar-refractivity contribution in [1.82, 2.24) is 0 Å². The lowest BCUT2D eigenvalue weighted by atomic mass is 10.2. The summed E-state index contributed by atoms with van der Waals surface area (Å²) in [6, 6.07) is 11.0. The highest BCUT2D eigenvalue weighted by molar-refractivity contribution is 6.42. The van der Waals surface area contributed by atoms with Gasteiger partial charge >= 0.3 is 5.97 Å². The highest BCUT2D eigenvalue weighted by Gasteiger charge is 2.09. The molecule has 0 heterocycles. The molecule has 4 nitrogen and oxygen atoms in total. The quantitative estimate of drug-likeness (QED) is 0.867. The van der Waals surface area contributed by atoms with Crippen LogP contribution in [0, 0.1) is 0 Å². The molecule has 0 aliphatic rings. The van der Waals surface area contributed by atoms with Gasteiger partial charge in [-0.3, -0.25) is 4.79 Å². The maximum atomic E-state index is 12.0. The number of carbonyl (C=O) groups excluding carboxylic acids is 2. The van der Waals surface area contributed by atoms with Crippen molar-refractivity contribution in [2.45, 2.75) is 0 Å². The van der Waals surface area contributed by atoms with Crippen LogP contribution in [0.4, 0.5) is 5.69 Å². The number of hydrogen-bond acceptors (Lipinski definition) is 3. The molecule has 0 saturated heterocycles. The summed E-state index contributed by atoms with van der Waals surface area (Å²) in [5.74, 6) is -0.753. The molecule has 0 spiro atoms. The standard InChI is InChI=1S/C15H11Cl2NO3/c1-21-15(20)9-2-5-11(6-3-9)18-14(19)10-4-7-12(16)13(17)8-10/h2-8H,1H3,(H,18,19). The number of hydrogen-bond donors (Lipinski definition) is 1. The van der Waals surface area contributed by atoms with Gasteiger partial charge in [-0.2, -0.15) is 0 Å². The third-order valence-electron chi connectivity index (χ3n) is 2.75. The van der Waals surface area contributed by atoms with E-state index in [4.69, 9.17) is 23.2 Å². The minimum absolute atomic E-state index is 0.311. The van der Waals surface area contributed by atoms with E-state index in [2.05, 4.69) is 10.1 Å². The Morgan fingerprint density at radius 1 is 0.952 bits per heavy atom. The summed E-state index contributed by atoms with van der Waals surface area (Å²) >= 11 is 11.7. The molecule has 0 atom stereocenters. The lowest BCUT2D eigenvalue weighted by Crippen LogP contribution is -2.12. The molecule has 21 heavy (non-hydrogen) atoms. The zero-order valence-corrected chi connectivity index (χ0v) is 12.5. The van der Waals surface area contributed by atoms with Gasteiger partial charge in [0, 0.05) is 11.3 Å². The molecular weight excluding hydrogens is 313 g/mol. The fraction of sp³-hybridized carbons (Fsp3) is 0.0667. The Morgan fingerprint density at radius 2 is 1.57 bits per heavy atom. The largest absolute Gasteiger partial charge is 0.465 e. The molecule has 2 rings (SSSR count). The maximum absolute atomic E-state index is 12.0. The van der Waals surface area contributed by atoms with E-state index < -0.39 is 5.97 Å². The van der Waals surface area contributed by atoms with Gasteiger partial charge in [-0.15, -0.1) is 0 Å². The Bertz CT molecular complexity index is 684. The molecule has 108 valence electrons. The van der Waals surface area contributed by atoms with E-state index in [1.54, 1.807) is 36.4 Å². The van der Waals surface area contributed by atoms with E-state index in [0.717, 1.165) is 0 Å². The van der Waals surface area contributed by atoms with Gasteiger partial charge in [0.2, 0.25) is 0 Å². The van der Waals surface area contributed by atoms with E-state index in [1.165, 1.54) is 13.2 Å². The second-order valence-corrected chi connectivity index (χ2v) is 4.97. The van der Waals surface area contributed by atoms with Crippen LogP contribution in [0.3, 0.4) is 0 Å². The van der Waals surface area contributed by atoms with Crippen LogP contribution >= 0.6 is 23.2 Å². The van der Waals surface area contributed by atoms with Crippen LogP contribution in [-0.4, -0.2) is 19.0 Å². The van der Waals surface area contributed by atoms with Crippen molar-refractivity contribution in [3.05, 3.63) is 63.6 Å². The van der Waals surface area contributed by atoms with E-state index in [-0.39, 0.29) is 5.91 Å². The predicted molar refractivity (Wildman–Crippen MR) is 82.2 cm³/mol. The molecule has 0 saturated carbocycles. The van der Waals surface area contributed by atoms with Crippen LogP contribution < -0.4 is 5.32 Å². The van der Waals surface area contributed by atoms with Gasteiger partial charge < -0.3 is 10.1 Å². The zero-order valence-electron chi connectivity index (χ0n) is 11.0. The Morgan fingerprint density at radius 3 is 2.14 bits per heavy atom.